The average Bonchev–Trinajstić information content (AvgIpc) is 0.812. The molecule has 15 rings (SSSR count). The van der Waals surface area contributed by atoms with Gasteiger partial charge in [0.25, 0.3) is 0 Å². The lowest BCUT2D eigenvalue weighted by Gasteiger charge is -2.26. The van der Waals surface area contributed by atoms with Crippen LogP contribution in [0.25, 0.3) is 33.4 Å². The number of hydrogen-bond donors (Lipinski definition) is 0. The predicted octanol–water partition coefficient (Wildman–Crippen LogP) is 28.9. The van der Waals surface area contributed by atoms with E-state index in [0.717, 1.165) is 80.4 Å². The van der Waals surface area contributed by atoms with Gasteiger partial charge in [0.1, 0.15) is 23.0 Å². The third kappa shape index (κ3) is 23.8. The molecule has 0 saturated carbocycles. The van der Waals surface area contributed by atoms with E-state index >= 15 is 0 Å². The molecule has 0 unspecified atom stereocenters. The fourth-order valence-electron chi connectivity index (χ4n) is 13.3. The first kappa shape index (κ1) is 86.7. The third-order valence-electron chi connectivity index (χ3n) is 19.9. The van der Waals surface area contributed by atoms with Crippen LogP contribution < -0.4 is 38.5 Å². The van der Waals surface area contributed by atoms with Crippen molar-refractivity contribution in [3.05, 3.63) is 459 Å². The molecule has 0 aromatic heterocycles. The smallest absolute Gasteiger partial charge is 0.338 e. The van der Waals surface area contributed by atoms with Crippen molar-refractivity contribution in [3.8, 4) is 56.4 Å². The normalized spacial score (nSPS) is 10.4. The Kier molecular flexibility index (Phi) is 29.3. The Hall–Kier alpha value is -15.7. The number of anilines is 12. The van der Waals surface area contributed by atoms with Crippen LogP contribution in [0.1, 0.15) is 52.8 Å². The minimum atomic E-state index is -0.472. The van der Waals surface area contributed by atoms with Crippen LogP contribution in [0.15, 0.2) is 420 Å². The van der Waals surface area contributed by atoms with Crippen molar-refractivity contribution >= 4 is 92.1 Å². The number of ether oxygens (including phenoxy) is 4. The number of carbonyl (C=O) groups excluding carboxylic acids is 4. The molecule has 610 valence electrons. The molecular formula is C111H98N4O8. The fraction of sp³-hybridized carbons (Fsp3) is 0.0811. The highest BCUT2D eigenvalue weighted by Gasteiger charge is 2.20. The molecule has 0 heterocycles. The Balaban J connectivity index is 0.000000150. The zero-order valence-electron chi connectivity index (χ0n) is 70.8. The summed E-state index contributed by atoms with van der Waals surface area (Å²) in [5, 5.41) is 0. The topological polar surface area (TPSA) is 118 Å². The van der Waals surface area contributed by atoms with E-state index in [1.165, 1.54) is 72.3 Å². The molecule has 0 amide bonds. The van der Waals surface area contributed by atoms with Crippen molar-refractivity contribution in [2.45, 2.75) is 62.3 Å². The lowest BCUT2D eigenvalue weighted by Crippen LogP contribution is -2.11. The van der Waals surface area contributed by atoms with Crippen LogP contribution in [0, 0.1) is 48.5 Å². The maximum absolute atomic E-state index is 11.8. The zero-order valence-corrected chi connectivity index (χ0v) is 70.8. The Labute approximate surface area is 722 Å². The van der Waals surface area contributed by atoms with Gasteiger partial charge < -0.3 is 38.5 Å². The number of hydrogen-bond acceptors (Lipinski definition) is 12. The molecule has 0 spiro atoms. The molecule has 0 N–H and O–H groups in total. The van der Waals surface area contributed by atoms with Crippen LogP contribution in [0.4, 0.5) is 68.2 Å². The summed E-state index contributed by atoms with van der Waals surface area (Å²) in [5.41, 5.74) is 28.7. The van der Waals surface area contributed by atoms with Crippen molar-refractivity contribution in [1.82, 2.24) is 0 Å². The van der Waals surface area contributed by atoms with Crippen molar-refractivity contribution in [2.24, 2.45) is 0 Å². The molecule has 15 aromatic rings. The number of rotatable bonds is 23. The fourth-order valence-corrected chi connectivity index (χ4v) is 13.3. The number of aryl methyl sites for hydroxylation is 7. The molecule has 12 nitrogen and oxygen atoms in total. The molecule has 0 radical (unpaired) electrons. The Morgan fingerprint density at radius 3 is 0.634 bits per heavy atom. The highest BCUT2D eigenvalue weighted by Crippen LogP contribution is 2.42. The van der Waals surface area contributed by atoms with Crippen molar-refractivity contribution in [3.63, 3.8) is 0 Å². The summed E-state index contributed by atoms with van der Waals surface area (Å²) in [6, 6.07) is 125. The average molecular weight is 1620 g/mol. The molecular weight excluding hydrogens is 1520 g/mol. The molecule has 0 aliphatic rings. The van der Waals surface area contributed by atoms with Gasteiger partial charge >= 0.3 is 23.9 Å². The van der Waals surface area contributed by atoms with Gasteiger partial charge in [0, 0.05) is 91.5 Å². The SMILES string of the molecule is C=C(C)C(=O)Oc1ccc(N(c2ccc(C)cc2)c2ccc(-c3ccc(C)cc3)cc2)cc1.C=C(C)C(=O)Oc1ccc(N(c2ccccc2)c2ccc(-c3ccc(C)cc3)cc2)cc1.C=CC(=O)Oc1ccc(N(c2ccc(C)cc2)c2ccc(-c3ccc(C)cc3)cc2)cc1.C=CC(=O)Oc1ccc(N(c2cccc(C)c2)c2cccc(C)c2)cc1. The maximum atomic E-state index is 11.8. The number of carbonyl (C=O) groups is 4. The second-order valence-electron chi connectivity index (χ2n) is 29.8. The van der Waals surface area contributed by atoms with E-state index < -0.39 is 23.9 Å². The molecule has 12 heteroatoms. The summed E-state index contributed by atoms with van der Waals surface area (Å²) >= 11 is 0. The van der Waals surface area contributed by atoms with Gasteiger partial charge in [-0.1, -0.05) is 230 Å². The van der Waals surface area contributed by atoms with E-state index in [2.05, 4.69) is 337 Å². The second kappa shape index (κ2) is 41.6. The Bertz CT molecular complexity index is 6070. The van der Waals surface area contributed by atoms with E-state index in [0.29, 0.717) is 34.1 Å². The lowest BCUT2D eigenvalue weighted by atomic mass is 10.0. The van der Waals surface area contributed by atoms with Gasteiger partial charge in [-0.3, -0.25) is 0 Å². The predicted molar refractivity (Wildman–Crippen MR) is 507 cm³/mol. The lowest BCUT2D eigenvalue weighted by molar-refractivity contribution is -0.130. The van der Waals surface area contributed by atoms with Crippen LogP contribution in [-0.4, -0.2) is 23.9 Å². The standard InChI is InChI=1S/C30H27NO2.2C29H25NO2.C23H21NO2/c1-21(2)30(32)33-29-19-17-28(18-20-29)31(26-13-7-23(4)8-14-26)27-15-11-25(12-16-27)24-9-5-22(3)6-10-24;1-21(2)29(31)32-28-19-17-27(18-20-28)30(25-7-5-4-6-8-25)26-15-13-24(14-16-26)23-11-9-22(3)10-12-23;1-4-29(31)32-28-19-17-27(18-20-28)30(25-13-7-22(3)8-14-25)26-15-11-24(12-16-26)23-9-5-21(2)6-10-23;1-4-23(25)26-22-13-11-19(12-14-22)24(20-9-5-7-17(2)15-20)21-10-6-8-18(3)16-21/h5-20H,1H2,2-4H3;2*4-20H,1H2,2-3H3;4-16H,1H2,2-3H3. The van der Waals surface area contributed by atoms with Crippen LogP contribution in [0.5, 0.6) is 23.0 Å². The minimum absolute atomic E-state index is 0.369. The number of esters is 4. The van der Waals surface area contributed by atoms with Crippen LogP contribution >= 0.6 is 0 Å². The molecule has 0 aliphatic carbocycles. The van der Waals surface area contributed by atoms with E-state index in [-0.39, 0.29) is 0 Å². The molecule has 0 saturated heterocycles. The first-order valence-corrected chi connectivity index (χ1v) is 40.4. The largest absolute Gasteiger partial charge is 0.423 e. The molecule has 0 aliphatic heterocycles. The first-order valence-electron chi connectivity index (χ1n) is 40.4. The van der Waals surface area contributed by atoms with Gasteiger partial charge in [-0.05, 0) is 301 Å². The monoisotopic (exact) mass is 1610 g/mol. The summed E-state index contributed by atoms with van der Waals surface area (Å²) in [6.45, 7) is 32.0. The van der Waals surface area contributed by atoms with E-state index in [4.69, 9.17) is 18.9 Å². The van der Waals surface area contributed by atoms with Gasteiger partial charge in [-0.25, -0.2) is 19.2 Å². The van der Waals surface area contributed by atoms with Gasteiger partial charge in [0.15, 0.2) is 0 Å². The summed E-state index contributed by atoms with van der Waals surface area (Å²) < 4.78 is 21.1. The van der Waals surface area contributed by atoms with Gasteiger partial charge in [0.05, 0.1) is 0 Å². The highest BCUT2D eigenvalue weighted by atomic mass is 16.5. The van der Waals surface area contributed by atoms with Crippen molar-refractivity contribution < 1.29 is 38.1 Å². The van der Waals surface area contributed by atoms with Crippen LogP contribution in [-0.2, 0) is 19.2 Å². The first-order chi connectivity index (χ1) is 59.5. The van der Waals surface area contributed by atoms with Crippen molar-refractivity contribution in [2.75, 3.05) is 19.6 Å². The van der Waals surface area contributed by atoms with Gasteiger partial charge in [0.2, 0.25) is 0 Å². The van der Waals surface area contributed by atoms with E-state index in [1.54, 1.807) is 62.4 Å². The number of para-hydroxylation sites is 1. The van der Waals surface area contributed by atoms with Gasteiger partial charge in [-0.2, -0.15) is 0 Å². The summed E-state index contributed by atoms with van der Waals surface area (Å²) in [5.74, 6) is 0.167. The third-order valence-corrected chi connectivity index (χ3v) is 19.9. The molecule has 15 aromatic carbocycles. The summed E-state index contributed by atoms with van der Waals surface area (Å²) in [7, 11) is 0. The number of nitrogens with zero attached hydrogens (tertiary/aromatic N) is 4. The van der Waals surface area contributed by atoms with Crippen LogP contribution in [0.2, 0.25) is 0 Å². The number of benzene rings is 15. The van der Waals surface area contributed by atoms with Crippen LogP contribution in [0.3, 0.4) is 0 Å². The van der Waals surface area contributed by atoms with E-state index in [9.17, 15) is 19.2 Å². The Morgan fingerprint density at radius 2 is 0.407 bits per heavy atom. The molecule has 0 atom stereocenters. The zero-order chi connectivity index (χ0) is 86.9. The second-order valence-corrected chi connectivity index (χ2v) is 29.8. The molecule has 0 bridgehead atoms. The minimum Gasteiger partial charge on any atom is -0.423 e. The van der Waals surface area contributed by atoms with E-state index in [1.807, 2.05) is 78.9 Å². The quantitative estimate of drug-likeness (QED) is 0.0345. The van der Waals surface area contributed by atoms with Gasteiger partial charge in [-0.15, -0.1) is 0 Å². The Morgan fingerprint density at radius 1 is 0.220 bits per heavy atom. The summed E-state index contributed by atoms with van der Waals surface area (Å²) in [4.78, 5) is 55.2. The maximum Gasteiger partial charge on any atom is 0.338 e. The van der Waals surface area contributed by atoms with Crippen molar-refractivity contribution in [1.29, 1.82) is 0 Å². The molecule has 123 heavy (non-hydrogen) atoms. The summed E-state index contributed by atoms with van der Waals surface area (Å²) in [6.07, 6.45) is 2.31. The highest BCUT2D eigenvalue weighted by molar-refractivity contribution is 5.91. The molecule has 0 fully saturated rings.